The predicted molar refractivity (Wildman–Crippen MR) is 105 cm³/mol. The number of aromatic amines is 1. The minimum atomic E-state index is -0.161. The van der Waals surface area contributed by atoms with Crippen LogP contribution in [0.2, 0.25) is 0 Å². The summed E-state index contributed by atoms with van der Waals surface area (Å²) in [4.78, 5) is 18.9. The molecule has 0 radical (unpaired) electrons. The first-order valence-corrected chi connectivity index (χ1v) is 8.67. The lowest BCUT2D eigenvalue weighted by Crippen LogP contribution is -2.09. The Morgan fingerprint density at radius 3 is 2.65 bits per heavy atom. The molecule has 1 heterocycles. The van der Waals surface area contributed by atoms with E-state index in [4.69, 9.17) is 4.74 Å². The smallest absolute Gasteiger partial charge is 0.251 e. The fraction of sp³-hybridized carbons (Fsp3) is 0.182. The van der Waals surface area contributed by atoms with Gasteiger partial charge in [-0.25, -0.2) is 4.98 Å². The summed E-state index contributed by atoms with van der Waals surface area (Å²) in [5, 5.41) is 0. The van der Waals surface area contributed by atoms with Crippen molar-refractivity contribution in [3.8, 4) is 5.75 Å². The van der Waals surface area contributed by atoms with Crippen molar-refractivity contribution in [2.24, 2.45) is 0 Å². The lowest BCUT2D eigenvalue weighted by Gasteiger charge is -2.11. The van der Waals surface area contributed by atoms with Crippen molar-refractivity contribution < 1.29 is 4.74 Å². The average molecular weight is 346 g/mol. The highest BCUT2D eigenvalue weighted by molar-refractivity contribution is 5.80. The van der Waals surface area contributed by atoms with E-state index in [9.17, 15) is 4.79 Å². The van der Waals surface area contributed by atoms with E-state index in [1.54, 1.807) is 0 Å². The molecular weight excluding hydrogens is 324 g/mol. The molecule has 2 aromatic carbocycles. The zero-order chi connectivity index (χ0) is 18.4. The third-order valence-electron chi connectivity index (χ3n) is 3.78. The Hall–Kier alpha value is -3.14. The number of nitrogens with one attached hydrogen (secondary N) is 1. The van der Waals surface area contributed by atoms with Gasteiger partial charge >= 0.3 is 0 Å². The molecule has 132 valence electrons. The molecule has 1 aromatic heterocycles. The highest BCUT2D eigenvalue weighted by Gasteiger charge is 2.07. The SMILES string of the molecule is CC(C)Oc1cccc(C=C(Cc2ccccc2)c2nccc(=O)[nH]2)c1. The Morgan fingerprint density at radius 1 is 1.12 bits per heavy atom. The molecule has 0 unspecified atom stereocenters. The van der Waals surface area contributed by atoms with Crippen molar-refractivity contribution >= 4 is 11.6 Å². The van der Waals surface area contributed by atoms with Gasteiger partial charge in [-0.2, -0.15) is 0 Å². The van der Waals surface area contributed by atoms with Crippen LogP contribution in [0.3, 0.4) is 0 Å². The van der Waals surface area contributed by atoms with Crippen LogP contribution in [-0.4, -0.2) is 16.1 Å². The maximum absolute atomic E-state index is 11.7. The zero-order valence-corrected chi connectivity index (χ0v) is 15.0. The van der Waals surface area contributed by atoms with Gasteiger partial charge in [0.2, 0.25) is 0 Å². The van der Waals surface area contributed by atoms with Crippen LogP contribution >= 0.6 is 0 Å². The van der Waals surface area contributed by atoms with Crippen molar-refractivity contribution in [3.63, 3.8) is 0 Å². The molecule has 4 nitrogen and oxygen atoms in total. The van der Waals surface area contributed by atoms with Gasteiger partial charge in [0.1, 0.15) is 11.6 Å². The first kappa shape index (κ1) is 17.7. The summed E-state index contributed by atoms with van der Waals surface area (Å²) in [5.74, 6) is 1.40. The second kappa shape index (κ2) is 8.30. The molecule has 0 aliphatic rings. The van der Waals surface area contributed by atoms with E-state index in [-0.39, 0.29) is 11.7 Å². The van der Waals surface area contributed by atoms with Gasteiger partial charge in [-0.1, -0.05) is 42.5 Å². The van der Waals surface area contributed by atoms with E-state index in [1.165, 1.54) is 12.3 Å². The van der Waals surface area contributed by atoms with Crippen molar-refractivity contribution in [2.45, 2.75) is 26.4 Å². The highest BCUT2D eigenvalue weighted by Crippen LogP contribution is 2.22. The van der Waals surface area contributed by atoms with Crippen LogP contribution in [0, 0.1) is 0 Å². The summed E-state index contributed by atoms with van der Waals surface area (Å²) in [6.07, 6.45) is 4.36. The highest BCUT2D eigenvalue weighted by atomic mass is 16.5. The molecule has 0 saturated carbocycles. The van der Waals surface area contributed by atoms with E-state index in [2.05, 4.69) is 22.1 Å². The molecule has 3 rings (SSSR count). The van der Waals surface area contributed by atoms with Crippen LogP contribution in [-0.2, 0) is 6.42 Å². The number of nitrogens with zero attached hydrogens (tertiary/aromatic N) is 1. The van der Waals surface area contributed by atoms with E-state index in [1.807, 2.05) is 62.4 Å². The number of rotatable bonds is 6. The summed E-state index contributed by atoms with van der Waals surface area (Å²) in [7, 11) is 0. The summed E-state index contributed by atoms with van der Waals surface area (Å²) >= 11 is 0. The van der Waals surface area contributed by atoms with Gasteiger partial charge < -0.3 is 9.72 Å². The second-order valence-corrected chi connectivity index (χ2v) is 6.35. The monoisotopic (exact) mass is 346 g/mol. The molecule has 0 spiro atoms. The molecular formula is C22H22N2O2. The van der Waals surface area contributed by atoms with Crippen molar-refractivity contribution in [3.05, 3.63) is 94.2 Å². The standard InChI is InChI=1S/C22H22N2O2/c1-16(2)26-20-10-6-9-18(15-20)14-19(13-17-7-4-3-5-8-17)22-23-12-11-21(25)24-22/h3-12,14-16H,13H2,1-2H3,(H,23,24,25). The molecule has 26 heavy (non-hydrogen) atoms. The van der Waals surface area contributed by atoms with Crippen molar-refractivity contribution in [2.75, 3.05) is 0 Å². The van der Waals surface area contributed by atoms with Gasteiger partial charge in [0.25, 0.3) is 5.56 Å². The Labute approximate surface area is 153 Å². The number of allylic oxidation sites excluding steroid dienone is 1. The van der Waals surface area contributed by atoms with Gasteiger partial charge in [-0.3, -0.25) is 4.79 Å². The number of hydrogen-bond acceptors (Lipinski definition) is 3. The number of hydrogen-bond donors (Lipinski definition) is 1. The predicted octanol–water partition coefficient (Wildman–Crippen LogP) is 4.34. The van der Waals surface area contributed by atoms with Gasteiger partial charge in [-0.15, -0.1) is 0 Å². The van der Waals surface area contributed by atoms with Crippen LogP contribution in [0.15, 0.2) is 71.7 Å². The van der Waals surface area contributed by atoms with Crippen LogP contribution < -0.4 is 10.3 Å². The van der Waals surface area contributed by atoms with Crippen molar-refractivity contribution in [1.29, 1.82) is 0 Å². The lowest BCUT2D eigenvalue weighted by atomic mass is 10.0. The van der Waals surface area contributed by atoms with Crippen LogP contribution in [0.1, 0.15) is 30.8 Å². The fourth-order valence-corrected chi connectivity index (χ4v) is 2.70. The Kier molecular flexibility index (Phi) is 5.64. The number of ether oxygens (including phenoxy) is 1. The summed E-state index contributed by atoms with van der Waals surface area (Å²) in [6, 6.07) is 19.5. The normalized spacial score (nSPS) is 11.6. The maximum Gasteiger partial charge on any atom is 0.251 e. The van der Waals surface area contributed by atoms with Gasteiger partial charge in [-0.05, 0) is 48.8 Å². The molecule has 0 amide bonds. The molecule has 0 fully saturated rings. The molecule has 0 saturated heterocycles. The van der Waals surface area contributed by atoms with Crippen LogP contribution in [0.25, 0.3) is 11.6 Å². The van der Waals surface area contributed by atoms with Crippen LogP contribution in [0.4, 0.5) is 0 Å². The molecule has 0 aliphatic carbocycles. The maximum atomic E-state index is 11.7. The summed E-state index contributed by atoms with van der Waals surface area (Å²) < 4.78 is 5.78. The quantitative estimate of drug-likeness (QED) is 0.722. The van der Waals surface area contributed by atoms with E-state index in [0.29, 0.717) is 12.2 Å². The van der Waals surface area contributed by atoms with E-state index in [0.717, 1.165) is 22.4 Å². The van der Waals surface area contributed by atoms with Gasteiger partial charge in [0.05, 0.1) is 6.10 Å². The second-order valence-electron chi connectivity index (χ2n) is 6.35. The Bertz CT molecular complexity index is 943. The number of benzene rings is 2. The van der Waals surface area contributed by atoms with Gasteiger partial charge in [0.15, 0.2) is 0 Å². The Balaban J connectivity index is 1.99. The number of H-pyrrole nitrogens is 1. The third-order valence-corrected chi connectivity index (χ3v) is 3.78. The summed E-state index contributed by atoms with van der Waals surface area (Å²) in [6.45, 7) is 4.00. The molecule has 3 aromatic rings. The van der Waals surface area contributed by atoms with E-state index >= 15 is 0 Å². The summed E-state index contributed by atoms with van der Waals surface area (Å²) in [5.41, 5.74) is 2.93. The zero-order valence-electron chi connectivity index (χ0n) is 15.0. The molecule has 0 aliphatic heterocycles. The van der Waals surface area contributed by atoms with Crippen LogP contribution in [0.5, 0.6) is 5.75 Å². The molecule has 0 atom stereocenters. The molecule has 0 bridgehead atoms. The first-order valence-electron chi connectivity index (χ1n) is 8.67. The minimum absolute atomic E-state index is 0.116. The average Bonchev–Trinajstić information content (AvgIpc) is 2.62. The van der Waals surface area contributed by atoms with Gasteiger partial charge in [0, 0.05) is 18.7 Å². The van der Waals surface area contributed by atoms with E-state index < -0.39 is 0 Å². The topological polar surface area (TPSA) is 55.0 Å². The largest absolute Gasteiger partial charge is 0.491 e. The molecule has 4 heteroatoms. The Morgan fingerprint density at radius 2 is 1.92 bits per heavy atom. The lowest BCUT2D eigenvalue weighted by molar-refractivity contribution is 0.242. The fourth-order valence-electron chi connectivity index (χ4n) is 2.70. The minimum Gasteiger partial charge on any atom is -0.491 e. The molecule has 1 N–H and O–H groups in total. The third kappa shape index (κ3) is 4.93. The van der Waals surface area contributed by atoms with Crippen molar-refractivity contribution in [1.82, 2.24) is 9.97 Å². The number of aromatic nitrogens is 2. The first-order chi connectivity index (χ1) is 12.6.